The van der Waals surface area contributed by atoms with Gasteiger partial charge in [0.25, 0.3) is 0 Å². The number of hydrogen-bond donors (Lipinski definition) is 1. The molecule has 2 atom stereocenters. The van der Waals surface area contributed by atoms with Crippen LogP contribution in [0.15, 0.2) is 0 Å². The van der Waals surface area contributed by atoms with Crippen molar-refractivity contribution in [2.45, 2.75) is 103 Å². The van der Waals surface area contributed by atoms with Gasteiger partial charge in [-0.15, -0.1) is 0 Å². The van der Waals surface area contributed by atoms with Crippen LogP contribution in [0.2, 0.25) is 0 Å². The zero-order valence-corrected chi connectivity index (χ0v) is 16.0. The highest BCUT2D eigenvalue weighted by atomic mass is 33.1. The van der Waals surface area contributed by atoms with Gasteiger partial charge in [-0.2, -0.15) is 0 Å². The quantitative estimate of drug-likeness (QED) is 0.206. The zero-order chi connectivity index (χ0) is 16.5. The van der Waals surface area contributed by atoms with Crippen LogP contribution >= 0.6 is 0 Å². The van der Waals surface area contributed by atoms with Crippen LogP contribution in [0.5, 0.6) is 0 Å². The first-order valence-corrected chi connectivity index (χ1v) is 12.1. The summed E-state index contributed by atoms with van der Waals surface area (Å²) < 4.78 is 30.1. The average Bonchev–Trinajstić information content (AvgIpc) is 2.50. The van der Waals surface area contributed by atoms with Crippen molar-refractivity contribution in [3.63, 3.8) is 0 Å². The van der Waals surface area contributed by atoms with Crippen LogP contribution < -0.4 is 0 Å². The summed E-state index contributed by atoms with van der Waals surface area (Å²) >= 11 is 0. The molecule has 0 aromatic carbocycles. The van der Waals surface area contributed by atoms with Gasteiger partial charge in [-0.1, -0.05) is 96.8 Å². The molecule has 0 amide bonds. The first-order chi connectivity index (χ1) is 10.7. The van der Waals surface area contributed by atoms with Gasteiger partial charge in [0.1, 0.15) is 9.83 Å². The minimum atomic E-state index is -2.16. The molecule has 0 aliphatic heterocycles. The molecule has 0 spiro atoms. The van der Waals surface area contributed by atoms with E-state index in [2.05, 4.69) is 6.92 Å². The molecule has 0 bridgehead atoms. The van der Waals surface area contributed by atoms with Crippen molar-refractivity contribution in [3.8, 4) is 0 Å². The second-order valence-corrected chi connectivity index (χ2v) is 9.60. The number of unbranched alkanes of at least 4 members (excludes halogenated alkanes) is 14. The lowest BCUT2D eigenvalue weighted by molar-refractivity contribution is 0.534. The van der Waals surface area contributed by atoms with Crippen molar-refractivity contribution in [2.75, 3.05) is 5.75 Å². The summed E-state index contributed by atoms with van der Waals surface area (Å²) in [5.41, 5.74) is 0. The third-order valence-corrected chi connectivity index (χ3v) is 6.47. The highest BCUT2D eigenvalue weighted by molar-refractivity contribution is 8.58. The molecule has 0 heterocycles. The van der Waals surface area contributed by atoms with E-state index in [9.17, 15) is 8.42 Å². The predicted octanol–water partition coefficient (Wildman–Crippen LogP) is 5.74. The van der Waals surface area contributed by atoms with E-state index in [4.69, 9.17) is 4.55 Å². The number of rotatable bonds is 17. The molecule has 134 valence electrons. The molecule has 22 heavy (non-hydrogen) atoms. The molecule has 0 rings (SSSR count). The maximum atomic E-state index is 11.0. The van der Waals surface area contributed by atoms with Crippen LogP contribution in [0.1, 0.15) is 103 Å². The Balaban J connectivity index is 3.05. The van der Waals surface area contributed by atoms with Gasteiger partial charge in [0, 0.05) is 5.75 Å². The van der Waals surface area contributed by atoms with Crippen LogP contribution in [-0.4, -0.2) is 18.7 Å². The van der Waals surface area contributed by atoms with Crippen molar-refractivity contribution in [1.82, 2.24) is 0 Å². The van der Waals surface area contributed by atoms with E-state index in [1.807, 2.05) is 0 Å². The summed E-state index contributed by atoms with van der Waals surface area (Å²) in [6.07, 6.45) is 19.4. The first-order valence-electron chi connectivity index (χ1n) is 9.18. The van der Waals surface area contributed by atoms with Crippen LogP contribution in [-0.2, 0) is 19.9 Å². The summed E-state index contributed by atoms with van der Waals surface area (Å²) in [6.45, 7) is 2.26. The lowest BCUT2D eigenvalue weighted by Gasteiger charge is -2.03. The van der Waals surface area contributed by atoms with E-state index in [1.165, 1.54) is 77.0 Å². The second-order valence-electron chi connectivity index (χ2n) is 6.17. The van der Waals surface area contributed by atoms with Crippen molar-refractivity contribution in [2.24, 2.45) is 0 Å². The number of hydrogen-bond acceptors (Lipinski definition) is 2. The SMILES string of the molecule is CCCCCCCCCCCCCCCCC[S@@](=O)S(=O)O. The Morgan fingerprint density at radius 2 is 0.909 bits per heavy atom. The van der Waals surface area contributed by atoms with Crippen LogP contribution in [0.25, 0.3) is 0 Å². The predicted molar refractivity (Wildman–Crippen MR) is 98.7 cm³/mol. The Bertz CT molecular complexity index is 283. The Hall–Kier alpha value is 0.260. The van der Waals surface area contributed by atoms with Gasteiger partial charge in [-0.05, 0) is 6.42 Å². The monoisotopic (exact) mass is 352 g/mol. The van der Waals surface area contributed by atoms with Crippen molar-refractivity contribution < 1.29 is 13.0 Å². The molecule has 0 radical (unpaired) electrons. The van der Waals surface area contributed by atoms with E-state index in [-0.39, 0.29) is 0 Å². The van der Waals surface area contributed by atoms with Crippen molar-refractivity contribution >= 4 is 19.9 Å². The molecular formula is C17H36O3S2. The second kappa shape index (κ2) is 17.6. The molecule has 0 fully saturated rings. The molecule has 1 unspecified atom stereocenters. The van der Waals surface area contributed by atoms with Gasteiger partial charge in [0.2, 0.25) is 10.1 Å². The zero-order valence-electron chi connectivity index (χ0n) is 14.4. The fourth-order valence-corrected chi connectivity index (χ4v) is 4.03. The van der Waals surface area contributed by atoms with Crippen molar-refractivity contribution in [3.05, 3.63) is 0 Å². The van der Waals surface area contributed by atoms with Gasteiger partial charge in [-0.3, -0.25) is 4.55 Å². The van der Waals surface area contributed by atoms with Crippen LogP contribution in [0, 0.1) is 0 Å². The van der Waals surface area contributed by atoms with Gasteiger partial charge < -0.3 is 0 Å². The minimum Gasteiger partial charge on any atom is -0.296 e. The summed E-state index contributed by atoms with van der Waals surface area (Å²) in [4.78, 5) is 0. The summed E-state index contributed by atoms with van der Waals surface area (Å²) in [5.74, 6) is 0.362. The fraction of sp³-hybridized carbons (Fsp3) is 1.00. The van der Waals surface area contributed by atoms with E-state index < -0.39 is 19.9 Å². The first kappa shape index (κ1) is 22.3. The Kier molecular flexibility index (Phi) is 17.8. The topological polar surface area (TPSA) is 54.4 Å². The largest absolute Gasteiger partial charge is 0.296 e. The van der Waals surface area contributed by atoms with E-state index >= 15 is 0 Å². The highest BCUT2D eigenvalue weighted by Gasteiger charge is 2.04. The molecule has 1 N–H and O–H groups in total. The summed E-state index contributed by atoms with van der Waals surface area (Å²) in [7, 11) is -3.72. The lowest BCUT2D eigenvalue weighted by Crippen LogP contribution is -2.03. The average molecular weight is 353 g/mol. The van der Waals surface area contributed by atoms with Gasteiger partial charge in [0.15, 0.2) is 0 Å². The highest BCUT2D eigenvalue weighted by Crippen LogP contribution is 2.13. The molecular weight excluding hydrogens is 316 g/mol. The lowest BCUT2D eigenvalue weighted by atomic mass is 10.0. The van der Waals surface area contributed by atoms with Crippen LogP contribution in [0.3, 0.4) is 0 Å². The molecule has 0 aromatic heterocycles. The Morgan fingerprint density at radius 3 is 1.23 bits per heavy atom. The third-order valence-electron chi connectivity index (χ3n) is 4.07. The molecule has 3 nitrogen and oxygen atoms in total. The molecule has 0 saturated heterocycles. The Labute approximate surface area is 142 Å². The molecule has 5 heteroatoms. The third kappa shape index (κ3) is 16.6. The fourth-order valence-electron chi connectivity index (χ4n) is 2.66. The van der Waals surface area contributed by atoms with E-state index in [0.29, 0.717) is 5.75 Å². The van der Waals surface area contributed by atoms with Crippen LogP contribution in [0.4, 0.5) is 0 Å². The van der Waals surface area contributed by atoms with E-state index in [1.54, 1.807) is 0 Å². The smallest absolute Gasteiger partial charge is 0.247 e. The standard InChI is InChI=1S/C17H36O3S2/c1-2-3-4-5-6-7-8-9-10-11-12-13-14-15-16-17-21(18)22(19)20/h2-17H2,1H3,(H,19,20)/t21-/m0/s1. The molecule has 0 aromatic rings. The maximum Gasteiger partial charge on any atom is 0.247 e. The van der Waals surface area contributed by atoms with Gasteiger partial charge >= 0.3 is 0 Å². The van der Waals surface area contributed by atoms with Gasteiger partial charge in [0.05, 0.1) is 0 Å². The van der Waals surface area contributed by atoms with Crippen molar-refractivity contribution in [1.29, 1.82) is 0 Å². The molecule has 0 saturated carbocycles. The Morgan fingerprint density at radius 1 is 0.591 bits per heavy atom. The van der Waals surface area contributed by atoms with E-state index in [0.717, 1.165) is 19.3 Å². The summed E-state index contributed by atoms with van der Waals surface area (Å²) in [6, 6.07) is 0. The minimum absolute atomic E-state index is 0.362. The molecule has 0 aliphatic carbocycles. The normalized spacial score (nSPS) is 14.1. The summed E-state index contributed by atoms with van der Waals surface area (Å²) in [5, 5.41) is 0. The maximum absolute atomic E-state index is 11.0. The molecule has 0 aliphatic rings. The van der Waals surface area contributed by atoms with Gasteiger partial charge in [-0.25, -0.2) is 8.42 Å².